The van der Waals surface area contributed by atoms with Crippen LogP contribution in [0.25, 0.3) is 0 Å². The van der Waals surface area contributed by atoms with Gasteiger partial charge in [-0.2, -0.15) is 0 Å². The molecule has 146 valence electrons. The lowest BCUT2D eigenvalue weighted by atomic mass is 9.96. The molecule has 1 saturated heterocycles. The number of hydrogen-bond acceptors (Lipinski definition) is 4. The van der Waals surface area contributed by atoms with Crippen molar-refractivity contribution in [2.45, 2.75) is 38.6 Å². The Kier molecular flexibility index (Phi) is 6.16. The van der Waals surface area contributed by atoms with Crippen molar-refractivity contribution in [2.75, 3.05) is 33.7 Å². The third-order valence-electron chi connectivity index (χ3n) is 5.29. The Balaban J connectivity index is 1.70. The van der Waals surface area contributed by atoms with Crippen LogP contribution in [0.2, 0.25) is 0 Å². The molecule has 6 heteroatoms. The summed E-state index contributed by atoms with van der Waals surface area (Å²) < 4.78 is 2.23. The number of rotatable bonds is 6. The van der Waals surface area contributed by atoms with Gasteiger partial charge in [0.15, 0.2) is 0 Å². The molecule has 0 aliphatic carbocycles. The molecule has 1 atom stereocenters. The number of phenolic OH excluding ortho intramolecular Hbond substituents is 1. The van der Waals surface area contributed by atoms with Gasteiger partial charge in [0.2, 0.25) is 0 Å². The fourth-order valence-electron chi connectivity index (χ4n) is 3.80. The summed E-state index contributed by atoms with van der Waals surface area (Å²) in [5.74, 6) is 1.31. The smallest absolute Gasteiger partial charge is 0.257 e. The molecule has 1 fully saturated rings. The quantitative estimate of drug-likeness (QED) is 0.849. The minimum absolute atomic E-state index is 0.0911. The second-order valence-corrected chi connectivity index (χ2v) is 7.70. The highest BCUT2D eigenvalue weighted by atomic mass is 16.3. The van der Waals surface area contributed by atoms with Gasteiger partial charge in [0.1, 0.15) is 11.6 Å². The molecule has 0 bridgehead atoms. The van der Waals surface area contributed by atoms with Gasteiger partial charge in [0, 0.05) is 37.9 Å². The zero-order valence-corrected chi connectivity index (χ0v) is 16.6. The molecule has 0 spiro atoms. The summed E-state index contributed by atoms with van der Waals surface area (Å²) >= 11 is 0. The Bertz CT molecular complexity index is 784. The molecule has 27 heavy (non-hydrogen) atoms. The van der Waals surface area contributed by atoms with Crippen LogP contribution in [0, 0.1) is 6.92 Å². The predicted molar refractivity (Wildman–Crippen MR) is 106 cm³/mol. The highest BCUT2D eigenvalue weighted by molar-refractivity contribution is 5.97. The standard InChI is InChI=1S/C21H30N4O2/c1-16-7-4-9-18(19(16)26)21(27)25-12-5-8-17(15-25)20-22-10-14-24(20)13-6-11-23(2)3/h4,7,9-10,14,17,26H,5-6,8,11-13,15H2,1-3H3/t17-/m1/s1. The van der Waals surface area contributed by atoms with Gasteiger partial charge < -0.3 is 19.5 Å². The molecule has 2 aromatic rings. The van der Waals surface area contributed by atoms with Crippen molar-refractivity contribution in [2.24, 2.45) is 0 Å². The molecule has 1 N–H and O–H groups in total. The van der Waals surface area contributed by atoms with Crippen LogP contribution in [-0.4, -0.2) is 64.1 Å². The van der Waals surface area contributed by atoms with Crippen LogP contribution >= 0.6 is 0 Å². The minimum atomic E-state index is -0.0911. The number of phenols is 1. The number of imidazole rings is 1. The lowest BCUT2D eigenvalue weighted by molar-refractivity contribution is 0.0700. The Morgan fingerprint density at radius 2 is 2.19 bits per heavy atom. The number of carbonyl (C=O) groups is 1. The normalized spacial score (nSPS) is 17.5. The molecule has 0 unspecified atom stereocenters. The van der Waals surface area contributed by atoms with Crippen molar-refractivity contribution >= 4 is 5.91 Å². The second-order valence-electron chi connectivity index (χ2n) is 7.70. The van der Waals surface area contributed by atoms with E-state index in [9.17, 15) is 9.90 Å². The molecule has 1 amide bonds. The first-order chi connectivity index (χ1) is 13.0. The van der Waals surface area contributed by atoms with Crippen LogP contribution in [0.1, 0.15) is 46.9 Å². The van der Waals surface area contributed by atoms with Crippen molar-refractivity contribution in [3.05, 3.63) is 47.5 Å². The zero-order valence-electron chi connectivity index (χ0n) is 16.6. The maximum Gasteiger partial charge on any atom is 0.257 e. The van der Waals surface area contributed by atoms with Gasteiger partial charge in [-0.1, -0.05) is 12.1 Å². The summed E-state index contributed by atoms with van der Waals surface area (Å²) in [6, 6.07) is 5.34. The van der Waals surface area contributed by atoms with E-state index in [1.54, 1.807) is 6.07 Å². The van der Waals surface area contributed by atoms with Gasteiger partial charge in [-0.3, -0.25) is 4.79 Å². The predicted octanol–water partition coefficient (Wildman–Crippen LogP) is 2.87. The van der Waals surface area contributed by atoms with Gasteiger partial charge in [-0.15, -0.1) is 0 Å². The highest BCUT2D eigenvalue weighted by Crippen LogP contribution is 2.29. The average Bonchev–Trinajstić information content (AvgIpc) is 3.12. The Hall–Kier alpha value is -2.34. The lowest BCUT2D eigenvalue weighted by Gasteiger charge is -2.33. The Morgan fingerprint density at radius 1 is 1.37 bits per heavy atom. The van der Waals surface area contributed by atoms with Crippen LogP contribution in [0.3, 0.4) is 0 Å². The molecule has 1 aliphatic heterocycles. The summed E-state index contributed by atoms with van der Waals surface area (Å²) in [5.41, 5.74) is 1.12. The monoisotopic (exact) mass is 370 g/mol. The van der Waals surface area contributed by atoms with Crippen LogP contribution in [-0.2, 0) is 6.54 Å². The molecule has 3 rings (SSSR count). The van der Waals surface area contributed by atoms with Crippen molar-refractivity contribution in [1.29, 1.82) is 0 Å². The van der Waals surface area contributed by atoms with Gasteiger partial charge >= 0.3 is 0 Å². The molecule has 1 aromatic carbocycles. The number of likely N-dealkylation sites (tertiary alicyclic amines) is 1. The van der Waals surface area contributed by atoms with E-state index in [1.165, 1.54) is 0 Å². The highest BCUT2D eigenvalue weighted by Gasteiger charge is 2.29. The number of aromatic nitrogens is 2. The molecule has 1 aromatic heterocycles. The Morgan fingerprint density at radius 3 is 2.96 bits per heavy atom. The third kappa shape index (κ3) is 4.50. The summed E-state index contributed by atoms with van der Waals surface area (Å²) in [6.07, 6.45) is 6.96. The third-order valence-corrected chi connectivity index (χ3v) is 5.29. The summed E-state index contributed by atoms with van der Waals surface area (Å²) in [4.78, 5) is 21.6. The number of amides is 1. The maximum atomic E-state index is 13.0. The topological polar surface area (TPSA) is 61.6 Å². The molecule has 6 nitrogen and oxygen atoms in total. The van der Waals surface area contributed by atoms with Crippen molar-refractivity contribution < 1.29 is 9.90 Å². The van der Waals surface area contributed by atoms with E-state index < -0.39 is 0 Å². The number of piperidine rings is 1. The number of nitrogens with zero attached hydrogens (tertiary/aromatic N) is 4. The first-order valence-electron chi connectivity index (χ1n) is 9.71. The number of para-hydroxylation sites is 1. The van der Waals surface area contributed by atoms with E-state index in [0.717, 1.165) is 50.3 Å². The number of aryl methyl sites for hydroxylation is 2. The molecule has 0 radical (unpaired) electrons. The van der Waals surface area contributed by atoms with Gasteiger partial charge in [-0.25, -0.2) is 4.98 Å². The largest absolute Gasteiger partial charge is 0.507 e. The van der Waals surface area contributed by atoms with E-state index in [1.807, 2.05) is 36.4 Å². The Labute approximate surface area is 161 Å². The lowest BCUT2D eigenvalue weighted by Crippen LogP contribution is -2.39. The first-order valence-corrected chi connectivity index (χ1v) is 9.71. The van der Waals surface area contributed by atoms with E-state index >= 15 is 0 Å². The average molecular weight is 370 g/mol. The number of carbonyl (C=O) groups excluding carboxylic acids is 1. The van der Waals surface area contributed by atoms with Gasteiger partial charge in [0.05, 0.1) is 5.56 Å². The zero-order chi connectivity index (χ0) is 19.4. The van der Waals surface area contributed by atoms with Gasteiger partial charge in [0.25, 0.3) is 5.91 Å². The molecular formula is C21H30N4O2. The summed E-state index contributed by atoms with van der Waals surface area (Å²) in [7, 11) is 4.17. The van der Waals surface area contributed by atoms with Crippen LogP contribution in [0.15, 0.2) is 30.6 Å². The van der Waals surface area contributed by atoms with E-state index in [4.69, 9.17) is 0 Å². The summed E-state index contributed by atoms with van der Waals surface area (Å²) in [5, 5.41) is 10.3. The van der Waals surface area contributed by atoms with Crippen molar-refractivity contribution in [1.82, 2.24) is 19.4 Å². The van der Waals surface area contributed by atoms with Crippen LogP contribution in [0.4, 0.5) is 0 Å². The molecule has 1 aliphatic rings. The van der Waals surface area contributed by atoms with Crippen LogP contribution in [0.5, 0.6) is 5.75 Å². The number of hydrogen-bond donors (Lipinski definition) is 1. The van der Waals surface area contributed by atoms with E-state index in [-0.39, 0.29) is 17.6 Å². The number of aromatic hydroxyl groups is 1. The minimum Gasteiger partial charge on any atom is -0.507 e. The van der Waals surface area contributed by atoms with Gasteiger partial charge in [-0.05, 0) is 58.5 Å². The maximum absolute atomic E-state index is 13.0. The van der Waals surface area contributed by atoms with Crippen molar-refractivity contribution in [3.8, 4) is 5.75 Å². The molecular weight excluding hydrogens is 340 g/mol. The SMILES string of the molecule is Cc1cccc(C(=O)N2CCC[C@@H](c3nccn3CCCN(C)C)C2)c1O. The summed E-state index contributed by atoms with van der Waals surface area (Å²) in [6.45, 7) is 5.17. The van der Waals surface area contributed by atoms with Crippen molar-refractivity contribution in [3.63, 3.8) is 0 Å². The first kappa shape index (κ1) is 19.4. The number of benzene rings is 1. The second kappa shape index (κ2) is 8.57. The fraction of sp³-hybridized carbons (Fsp3) is 0.524. The van der Waals surface area contributed by atoms with Crippen LogP contribution < -0.4 is 0 Å². The fourth-order valence-corrected chi connectivity index (χ4v) is 3.80. The molecule has 2 heterocycles. The molecule has 0 saturated carbocycles. The van der Waals surface area contributed by atoms with E-state index in [0.29, 0.717) is 12.1 Å². The van der Waals surface area contributed by atoms with E-state index in [2.05, 4.69) is 28.5 Å².